The first-order valence-electron chi connectivity index (χ1n) is 5.40. The van der Waals surface area contributed by atoms with Crippen molar-refractivity contribution in [1.29, 1.82) is 0 Å². The van der Waals surface area contributed by atoms with Crippen LogP contribution in [-0.2, 0) is 10.0 Å². The number of hydrogen-bond acceptors (Lipinski definition) is 6. The minimum atomic E-state index is -3.67. The number of sulfonamides is 1. The Labute approximate surface area is 110 Å². The first kappa shape index (κ1) is 13.2. The maximum Gasteiger partial charge on any atom is 0.238 e. The van der Waals surface area contributed by atoms with Crippen LogP contribution < -0.4 is 15.8 Å². The lowest BCUT2D eigenvalue weighted by atomic mass is 10.3. The van der Waals surface area contributed by atoms with Crippen LogP contribution in [0.5, 0.6) is 0 Å². The van der Waals surface area contributed by atoms with Crippen molar-refractivity contribution in [2.75, 3.05) is 17.7 Å². The third-order valence-electron chi connectivity index (χ3n) is 2.33. The molecule has 0 radical (unpaired) electrons. The monoisotopic (exact) mass is 279 g/mol. The maximum atomic E-state index is 11.1. The molecule has 1 aromatic carbocycles. The molecule has 7 nitrogen and oxygen atoms in total. The Morgan fingerprint density at radius 2 is 1.84 bits per heavy atom. The summed E-state index contributed by atoms with van der Waals surface area (Å²) in [6.45, 7) is 0. The summed E-state index contributed by atoms with van der Waals surface area (Å²) >= 11 is 0. The Kier molecular flexibility index (Phi) is 3.63. The number of nitrogens with zero attached hydrogens (tertiary/aromatic N) is 2. The highest BCUT2D eigenvalue weighted by molar-refractivity contribution is 7.89. The van der Waals surface area contributed by atoms with Crippen LogP contribution in [0.3, 0.4) is 0 Å². The molecule has 0 saturated carbocycles. The van der Waals surface area contributed by atoms with E-state index in [1.807, 2.05) is 0 Å². The summed E-state index contributed by atoms with van der Waals surface area (Å²) in [5, 5.41) is 10.9. The largest absolute Gasteiger partial charge is 0.357 e. The molecule has 0 atom stereocenters. The van der Waals surface area contributed by atoms with Gasteiger partial charge in [0.25, 0.3) is 0 Å². The quantitative estimate of drug-likeness (QED) is 0.767. The van der Waals surface area contributed by atoms with Crippen molar-refractivity contribution in [2.45, 2.75) is 4.90 Å². The Balaban J connectivity index is 2.19. The molecule has 0 unspecified atom stereocenters. The van der Waals surface area contributed by atoms with Crippen LogP contribution in [0.15, 0.2) is 41.4 Å². The lowest BCUT2D eigenvalue weighted by Gasteiger charge is -2.07. The number of nitrogens with one attached hydrogen (secondary N) is 2. The molecule has 0 saturated heterocycles. The molecule has 8 heteroatoms. The topological polar surface area (TPSA) is 110 Å². The molecule has 19 heavy (non-hydrogen) atoms. The third-order valence-corrected chi connectivity index (χ3v) is 3.26. The van der Waals surface area contributed by atoms with Gasteiger partial charge in [0.1, 0.15) is 5.82 Å². The van der Waals surface area contributed by atoms with Crippen LogP contribution in [-0.4, -0.2) is 25.4 Å². The Bertz CT molecular complexity index is 670. The molecule has 1 heterocycles. The molecule has 100 valence electrons. The van der Waals surface area contributed by atoms with Crippen molar-refractivity contribution >= 4 is 27.5 Å². The van der Waals surface area contributed by atoms with Crippen LogP contribution in [0.1, 0.15) is 0 Å². The van der Waals surface area contributed by atoms with E-state index in [9.17, 15) is 8.42 Å². The van der Waals surface area contributed by atoms with E-state index < -0.39 is 10.0 Å². The normalized spacial score (nSPS) is 11.1. The minimum absolute atomic E-state index is 0.0663. The Hall–Kier alpha value is -2.19. The summed E-state index contributed by atoms with van der Waals surface area (Å²) in [5.41, 5.74) is 0.702. The fourth-order valence-electron chi connectivity index (χ4n) is 1.42. The van der Waals surface area contributed by atoms with Crippen molar-refractivity contribution in [3.63, 3.8) is 0 Å². The molecular weight excluding hydrogens is 266 g/mol. The molecule has 0 amide bonds. The second-order valence-electron chi connectivity index (χ2n) is 3.71. The van der Waals surface area contributed by atoms with Gasteiger partial charge in [-0.3, -0.25) is 0 Å². The van der Waals surface area contributed by atoms with Gasteiger partial charge in [-0.1, -0.05) is 0 Å². The van der Waals surface area contributed by atoms with E-state index in [1.165, 1.54) is 12.1 Å². The number of rotatable bonds is 4. The van der Waals surface area contributed by atoms with Gasteiger partial charge in [0.2, 0.25) is 16.0 Å². The molecule has 0 aliphatic carbocycles. The number of primary sulfonamides is 1. The van der Waals surface area contributed by atoms with Crippen LogP contribution in [0.25, 0.3) is 0 Å². The zero-order valence-electron chi connectivity index (χ0n) is 10.2. The zero-order valence-corrected chi connectivity index (χ0v) is 11.0. The van der Waals surface area contributed by atoms with Gasteiger partial charge in [-0.05, 0) is 30.3 Å². The number of hydrogen-bond donors (Lipinski definition) is 3. The molecule has 0 spiro atoms. The predicted molar refractivity (Wildman–Crippen MR) is 72.7 cm³/mol. The zero-order chi connectivity index (χ0) is 13.9. The van der Waals surface area contributed by atoms with Gasteiger partial charge < -0.3 is 10.6 Å². The van der Waals surface area contributed by atoms with E-state index in [-0.39, 0.29) is 4.90 Å². The molecule has 0 bridgehead atoms. The molecule has 2 aromatic rings. The summed E-state index contributed by atoms with van der Waals surface area (Å²) in [7, 11) is -1.94. The summed E-state index contributed by atoms with van der Waals surface area (Å²) in [5.74, 6) is 1.09. The van der Waals surface area contributed by atoms with Gasteiger partial charge >= 0.3 is 0 Å². The number of anilines is 3. The van der Waals surface area contributed by atoms with Gasteiger partial charge in [-0.25, -0.2) is 18.5 Å². The first-order chi connectivity index (χ1) is 8.99. The van der Waals surface area contributed by atoms with Crippen LogP contribution in [0.4, 0.5) is 17.5 Å². The molecule has 0 fully saturated rings. The third kappa shape index (κ3) is 3.39. The van der Waals surface area contributed by atoms with Crippen LogP contribution in [0, 0.1) is 0 Å². The van der Waals surface area contributed by atoms with Gasteiger partial charge in [0.15, 0.2) is 0 Å². The van der Waals surface area contributed by atoms with E-state index in [2.05, 4.69) is 20.6 Å². The van der Waals surface area contributed by atoms with Gasteiger partial charge in [0, 0.05) is 18.9 Å². The minimum Gasteiger partial charge on any atom is -0.357 e. The van der Waals surface area contributed by atoms with E-state index in [0.717, 1.165) is 0 Å². The smallest absolute Gasteiger partial charge is 0.238 e. The highest BCUT2D eigenvalue weighted by atomic mass is 32.2. The molecular formula is C11H13N5O2S. The van der Waals surface area contributed by atoms with Crippen molar-refractivity contribution in [1.82, 2.24) is 9.97 Å². The SMILES string of the molecule is CNc1nccc(Nc2ccc(S(N)(=O)=O)cc2)n1. The van der Waals surface area contributed by atoms with Crippen molar-refractivity contribution < 1.29 is 8.42 Å². The lowest BCUT2D eigenvalue weighted by Crippen LogP contribution is -2.11. The van der Waals surface area contributed by atoms with Crippen LogP contribution in [0.2, 0.25) is 0 Å². The maximum absolute atomic E-state index is 11.1. The lowest BCUT2D eigenvalue weighted by molar-refractivity contribution is 0.598. The standard InChI is InChI=1S/C11H13N5O2S/c1-13-11-14-7-6-10(16-11)15-8-2-4-9(5-3-8)19(12,17)18/h2-7H,1H3,(H2,12,17,18)(H2,13,14,15,16). The molecule has 0 aliphatic heterocycles. The van der Waals surface area contributed by atoms with E-state index >= 15 is 0 Å². The second kappa shape index (κ2) is 5.21. The van der Waals surface area contributed by atoms with Crippen molar-refractivity contribution in [2.24, 2.45) is 5.14 Å². The fourth-order valence-corrected chi connectivity index (χ4v) is 1.94. The second-order valence-corrected chi connectivity index (χ2v) is 5.27. The van der Waals surface area contributed by atoms with E-state index in [4.69, 9.17) is 5.14 Å². The van der Waals surface area contributed by atoms with Gasteiger partial charge in [-0.2, -0.15) is 4.98 Å². The van der Waals surface area contributed by atoms with Gasteiger partial charge in [-0.15, -0.1) is 0 Å². The first-order valence-corrected chi connectivity index (χ1v) is 6.94. The van der Waals surface area contributed by atoms with Gasteiger partial charge in [0.05, 0.1) is 4.90 Å². The molecule has 2 rings (SSSR count). The summed E-state index contributed by atoms with van der Waals surface area (Å²) < 4.78 is 22.2. The summed E-state index contributed by atoms with van der Waals surface area (Å²) in [6.07, 6.45) is 1.61. The summed E-state index contributed by atoms with van der Waals surface area (Å²) in [6, 6.07) is 7.78. The summed E-state index contributed by atoms with van der Waals surface area (Å²) in [4.78, 5) is 8.24. The average molecular weight is 279 g/mol. The fraction of sp³-hybridized carbons (Fsp3) is 0.0909. The molecule has 4 N–H and O–H groups in total. The Morgan fingerprint density at radius 1 is 1.16 bits per heavy atom. The number of nitrogens with two attached hydrogens (primary N) is 1. The predicted octanol–water partition coefficient (Wildman–Crippen LogP) is 0.909. The highest BCUT2D eigenvalue weighted by Crippen LogP contribution is 2.17. The van der Waals surface area contributed by atoms with Crippen molar-refractivity contribution in [3.05, 3.63) is 36.5 Å². The van der Waals surface area contributed by atoms with Crippen molar-refractivity contribution in [3.8, 4) is 0 Å². The molecule has 0 aliphatic rings. The number of benzene rings is 1. The average Bonchev–Trinajstić information content (AvgIpc) is 2.38. The molecule has 1 aromatic heterocycles. The van der Waals surface area contributed by atoms with E-state index in [1.54, 1.807) is 31.4 Å². The number of aromatic nitrogens is 2. The van der Waals surface area contributed by atoms with Crippen LogP contribution >= 0.6 is 0 Å². The van der Waals surface area contributed by atoms with E-state index in [0.29, 0.717) is 17.5 Å². The Morgan fingerprint density at radius 3 is 2.42 bits per heavy atom. The highest BCUT2D eigenvalue weighted by Gasteiger charge is 2.06.